The molecule has 1 aromatic heterocycles. The van der Waals surface area contributed by atoms with E-state index >= 15 is 0 Å². The molecule has 2 aliphatic rings. The monoisotopic (exact) mass is 368 g/mol. The van der Waals surface area contributed by atoms with E-state index in [-0.39, 0.29) is 17.7 Å². The van der Waals surface area contributed by atoms with Crippen LogP contribution in [0.15, 0.2) is 30.5 Å². The number of hydrogen-bond acceptors (Lipinski definition) is 3. The van der Waals surface area contributed by atoms with Gasteiger partial charge in [0.15, 0.2) is 0 Å². The molecule has 2 heterocycles. The highest BCUT2D eigenvalue weighted by Gasteiger charge is 2.43. The number of ether oxygens (including phenoxy) is 1. The van der Waals surface area contributed by atoms with Crippen molar-refractivity contribution in [3.05, 3.63) is 47.3 Å². The molecule has 1 atom stereocenters. The summed E-state index contributed by atoms with van der Waals surface area (Å²) >= 11 is 0. The molecule has 1 aliphatic carbocycles. The molecule has 0 bridgehead atoms. The second-order valence-electron chi connectivity index (χ2n) is 7.97. The summed E-state index contributed by atoms with van der Waals surface area (Å²) in [5, 5.41) is 7.52. The average Bonchev–Trinajstić information content (AvgIpc) is 3.23. The third-order valence-electron chi connectivity index (χ3n) is 6.10. The number of nitrogens with zero attached hydrogens (tertiary/aromatic N) is 3. The topological polar surface area (TPSA) is 59.4 Å². The predicted molar refractivity (Wildman–Crippen MR) is 104 cm³/mol. The van der Waals surface area contributed by atoms with Gasteiger partial charge in [-0.25, -0.2) is 4.79 Å². The van der Waals surface area contributed by atoms with E-state index in [0.717, 1.165) is 41.8 Å². The van der Waals surface area contributed by atoms with Gasteiger partial charge in [0.2, 0.25) is 0 Å². The average molecular weight is 368 g/mol. The molecule has 1 fully saturated rings. The quantitative estimate of drug-likeness (QED) is 0.898. The number of benzene rings is 1. The van der Waals surface area contributed by atoms with Gasteiger partial charge in [0.1, 0.15) is 11.4 Å². The van der Waals surface area contributed by atoms with Gasteiger partial charge in [-0.05, 0) is 38.7 Å². The van der Waals surface area contributed by atoms with Crippen molar-refractivity contribution in [2.75, 3.05) is 7.05 Å². The molecule has 6 heteroatoms. The first-order valence-electron chi connectivity index (χ1n) is 9.74. The van der Waals surface area contributed by atoms with Gasteiger partial charge in [-0.3, -0.25) is 4.68 Å². The number of nitrogens with one attached hydrogen (secondary N) is 1. The minimum absolute atomic E-state index is 0.0157. The van der Waals surface area contributed by atoms with Crippen molar-refractivity contribution in [2.24, 2.45) is 7.05 Å². The van der Waals surface area contributed by atoms with Gasteiger partial charge in [-0.15, -0.1) is 0 Å². The number of amides is 2. The summed E-state index contributed by atoms with van der Waals surface area (Å²) in [6.45, 7) is 2.56. The van der Waals surface area contributed by atoms with Gasteiger partial charge in [-0.2, -0.15) is 5.10 Å². The van der Waals surface area contributed by atoms with Crippen LogP contribution in [0.2, 0.25) is 0 Å². The van der Waals surface area contributed by atoms with Crippen LogP contribution >= 0.6 is 0 Å². The van der Waals surface area contributed by atoms with Crippen molar-refractivity contribution < 1.29 is 9.53 Å². The molecule has 1 saturated carbocycles. The van der Waals surface area contributed by atoms with Gasteiger partial charge in [0, 0.05) is 37.3 Å². The zero-order chi connectivity index (χ0) is 19.0. The maximum Gasteiger partial charge on any atom is 0.317 e. The van der Waals surface area contributed by atoms with E-state index in [0.29, 0.717) is 6.54 Å². The fraction of sp³-hybridized carbons (Fsp3) is 0.524. The van der Waals surface area contributed by atoms with Gasteiger partial charge in [0.25, 0.3) is 0 Å². The second-order valence-corrected chi connectivity index (χ2v) is 7.97. The summed E-state index contributed by atoms with van der Waals surface area (Å²) in [7, 11) is 3.75. The highest BCUT2D eigenvalue weighted by atomic mass is 16.5. The van der Waals surface area contributed by atoms with Gasteiger partial charge in [-0.1, -0.05) is 18.2 Å². The third kappa shape index (κ3) is 3.40. The first-order valence-corrected chi connectivity index (χ1v) is 9.74. The molecule has 0 radical (unpaired) electrons. The lowest BCUT2D eigenvalue weighted by atomic mass is 9.86. The van der Waals surface area contributed by atoms with Gasteiger partial charge < -0.3 is 15.0 Å². The Morgan fingerprint density at radius 2 is 2.11 bits per heavy atom. The molecule has 4 rings (SSSR count). The summed E-state index contributed by atoms with van der Waals surface area (Å²) in [5.74, 6) is 0.918. The van der Waals surface area contributed by atoms with Crippen molar-refractivity contribution >= 4 is 6.03 Å². The van der Waals surface area contributed by atoms with Crippen LogP contribution in [0.25, 0.3) is 0 Å². The lowest BCUT2D eigenvalue weighted by Crippen LogP contribution is -2.46. The summed E-state index contributed by atoms with van der Waals surface area (Å²) in [6.07, 6.45) is 7.20. The van der Waals surface area contributed by atoms with Crippen molar-refractivity contribution in [3.8, 4) is 5.75 Å². The maximum absolute atomic E-state index is 12.9. The molecule has 27 heavy (non-hydrogen) atoms. The van der Waals surface area contributed by atoms with Crippen LogP contribution in [-0.4, -0.2) is 33.4 Å². The highest BCUT2D eigenvalue weighted by Crippen LogP contribution is 2.47. The van der Waals surface area contributed by atoms with Crippen LogP contribution in [-0.2, 0) is 13.6 Å². The number of para-hydroxylation sites is 1. The molecular formula is C21H28N4O2. The zero-order valence-corrected chi connectivity index (χ0v) is 16.4. The third-order valence-corrected chi connectivity index (χ3v) is 6.10. The fourth-order valence-corrected chi connectivity index (χ4v) is 4.36. The van der Waals surface area contributed by atoms with E-state index in [4.69, 9.17) is 4.74 Å². The number of hydrogen-bond donors (Lipinski definition) is 1. The molecule has 1 N–H and O–H groups in total. The van der Waals surface area contributed by atoms with Crippen molar-refractivity contribution in [3.63, 3.8) is 0 Å². The van der Waals surface area contributed by atoms with E-state index < -0.39 is 0 Å². The number of fused-ring (bicyclic) bond motifs is 1. The summed E-state index contributed by atoms with van der Waals surface area (Å²) in [6, 6.07) is 8.02. The SMILES string of the molecule is Cc1c(CN(C)C(=O)NC2CC3(CCCC3)Oc3ccccc32)cnn1C. The van der Waals surface area contributed by atoms with Crippen LogP contribution < -0.4 is 10.1 Å². The van der Waals surface area contributed by atoms with Crippen molar-refractivity contribution in [2.45, 2.75) is 57.2 Å². The predicted octanol–water partition coefficient (Wildman–Crippen LogP) is 3.71. The first kappa shape index (κ1) is 17.9. The zero-order valence-electron chi connectivity index (χ0n) is 16.4. The lowest BCUT2D eigenvalue weighted by molar-refractivity contribution is 0.0377. The Labute approximate surface area is 160 Å². The van der Waals surface area contributed by atoms with Crippen LogP contribution in [0.5, 0.6) is 5.75 Å². The second kappa shape index (κ2) is 6.91. The van der Waals surface area contributed by atoms with Crippen LogP contribution in [0.3, 0.4) is 0 Å². The summed E-state index contributed by atoms with van der Waals surface area (Å²) in [5.41, 5.74) is 3.10. The highest BCUT2D eigenvalue weighted by molar-refractivity contribution is 5.74. The number of aromatic nitrogens is 2. The number of aryl methyl sites for hydroxylation is 1. The van der Waals surface area contributed by atoms with Crippen LogP contribution in [0.4, 0.5) is 4.79 Å². The maximum atomic E-state index is 12.9. The Bertz CT molecular complexity index is 838. The van der Waals surface area contributed by atoms with Crippen molar-refractivity contribution in [1.82, 2.24) is 20.0 Å². The lowest BCUT2D eigenvalue weighted by Gasteiger charge is -2.40. The Morgan fingerprint density at radius 3 is 2.81 bits per heavy atom. The number of carbonyl (C=O) groups is 1. The van der Waals surface area contributed by atoms with E-state index in [1.54, 1.807) is 4.90 Å². The van der Waals surface area contributed by atoms with E-state index in [2.05, 4.69) is 16.5 Å². The number of rotatable bonds is 3. The van der Waals surface area contributed by atoms with Gasteiger partial charge in [0.05, 0.1) is 18.8 Å². The van der Waals surface area contributed by atoms with Crippen molar-refractivity contribution in [1.29, 1.82) is 0 Å². The van der Waals surface area contributed by atoms with Crippen LogP contribution in [0.1, 0.15) is 55.0 Å². The molecule has 6 nitrogen and oxygen atoms in total. The molecule has 1 aliphatic heterocycles. The minimum atomic E-state index is -0.120. The van der Waals surface area contributed by atoms with Gasteiger partial charge >= 0.3 is 6.03 Å². The number of carbonyl (C=O) groups excluding carboxylic acids is 1. The fourth-order valence-electron chi connectivity index (χ4n) is 4.36. The molecule has 1 spiro atoms. The Balaban J connectivity index is 1.50. The molecule has 2 aromatic rings. The normalized spacial score (nSPS) is 20.2. The standard InChI is InChI=1S/C21H28N4O2/c1-15-16(13-22-25(15)3)14-24(2)20(26)23-18-12-21(10-6-7-11-21)27-19-9-5-4-8-17(18)19/h4-5,8-9,13,18H,6-7,10-12,14H2,1-3H3,(H,23,26). The van der Waals surface area contributed by atoms with E-state index in [9.17, 15) is 4.79 Å². The molecule has 1 unspecified atom stereocenters. The summed E-state index contributed by atoms with van der Waals surface area (Å²) < 4.78 is 8.22. The summed E-state index contributed by atoms with van der Waals surface area (Å²) in [4.78, 5) is 14.6. The molecule has 144 valence electrons. The first-order chi connectivity index (χ1) is 13.0. The Morgan fingerprint density at radius 1 is 1.37 bits per heavy atom. The molecular weight excluding hydrogens is 340 g/mol. The Kier molecular flexibility index (Phi) is 4.58. The van der Waals surface area contributed by atoms with E-state index in [1.165, 1.54) is 12.8 Å². The smallest absolute Gasteiger partial charge is 0.317 e. The Hall–Kier alpha value is -2.50. The largest absolute Gasteiger partial charge is 0.487 e. The number of urea groups is 1. The molecule has 1 aromatic carbocycles. The van der Waals surface area contributed by atoms with E-state index in [1.807, 2.05) is 50.1 Å². The van der Waals surface area contributed by atoms with Crippen LogP contribution in [0, 0.1) is 6.92 Å². The molecule has 0 saturated heterocycles. The molecule has 2 amide bonds. The minimum Gasteiger partial charge on any atom is -0.487 e.